The second kappa shape index (κ2) is 7.20. The van der Waals surface area contributed by atoms with E-state index in [1.165, 1.54) is 11.1 Å². The number of aromatic nitrogens is 2. The van der Waals surface area contributed by atoms with E-state index in [-0.39, 0.29) is 5.92 Å². The molecule has 0 spiro atoms. The molecule has 0 radical (unpaired) electrons. The topological polar surface area (TPSA) is 17.8 Å². The molecule has 0 aliphatic heterocycles. The van der Waals surface area contributed by atoms with Crippen LogP contribution in [-0.4, -0.2) is 9.55 Å². The molecule has 0 fully saturated rings. The van der Waals surface area contributed by atoms with E-state index in [1.807, 2.05) is 30.7 Å². The van der Waals surface area contributed by atoms with Crippen LogP contribution in [-0.2, 0) is 13.0 Å². The maximum atomic E-state index is 6.45. The van der Waals surface area contributed by atoms with E-state index in [4.69, 9.17) is 23.2 Å². The third-order valence-corrected chi connectivity index (χ3v) is 4.56. The fourth-order valence-corrected chi connectivity index (χ4v) is 3.33. The lowest BCUT2D eigenvalue weighted by molar-refractivity contribution is 0.556. The van der Waals surface area contributed by atoms with Crippen LogP contribution in [0.15, 0.2) is 61.2 Å². The Labute approximate surface area is 146 Å². The first kappa shape index (κ1) is 16.1. The number of imidazole rings is 1. The summed E-state index contributed by atoms with van der Waals surface area (Å²) in [6.07, 6.45) is 6.53. The van der Waals surface area contributed by atoms with E-state index in [2.05, 4.69) is 40.7 Å². The number of hydrogen-bond donors (Lipinski definition) is 0. The summed E-state index contributed by atoms with van der Waals surface area (Å²) in [5.74, 6) is 0.261. The molecule has 2 nitrogen and oxygen atoms in total. The fourth-order valence-electron chi connectivity index (χ4n) is 2.76. The van der Waals surface area contributed by atoms with E-state index >= 15 is 0 Å². The van der Waals surface area contributed by atoms with E-state index in [0.29, 0.717) is 5.02 Å². The average Bonchev–Trinajstić information content (AvgIpc) is 3.02. The minimum absolute atomic E-state index is 0.261. The zero-order valence-corrected chi connectivity index (χ0v) is 14.4. The van der Waals surface area contributed by atoms with Crippen LogP contribution in [0.2, 0.25) is 10.0 Å². The molecule has 23 heavy (non-hydrogen) atoms. The lowest BCUT2D eigenvalue weighted by Crippen LogP contribution is -2.11. The SMILES string of the molecule is Cc1ccc(CC(Cn2ccnc2)c2ccc(Cl)cc2Cl)cc1. The van der Waals surface area contributed by atoms with Crippen LogP contribution in [0.3, 0.4) is 0 Å². The van der Waals surface area contributed by atoms with Crippen molar-refractivity contribution in [3.8, 4) is 0 Å². The average molecular weight is 345 g/mol. The first-order valence-corrected chi connectivity index (χ1v) is 8.33. The van der Waals surface area contributed by atoms with E-state index < -0.39 is 0 Å². The van der Waals surface area contributed by atoms with Crippen molar-refractivity contribution in [1.29, 1.82) is 0 Å². The number of rotatable bonds is 5. The molecule has 1 heterocycles. The van der Waals surface area contributed by atoms with Gasteiger partial charge in [-0.3, -0.25) is 0 Å². The molecule has 4 heteroatoms. The summed E-state index contributed by atoms with van der Waals surface area (Å²) < 4.78 is 2.09. The molecule has 1 unspecified atom stereocenters. The maximum Gasteiger partial charge on any atom is 0.0946 e. The summed E-state index contributed by atoms with van der Waals surface area (Å²) in [7, 11) is 0. The monoisotopic (exact) mass is 344 g/mol. The molecule has 0 N–H and O–H groups in total. The van der Waals surface area contributed by atoms with Crippen LogP contribution in [0.5, 0.6) is 0 Å². The Hall–Kier alpha value is -1.77. The molecule has 0 saturated heterocycles. The van der Waals surface area contributed by atoms with Gasteiger partial charge in [0.05, 0.1) is 6.33 Å². The Bertz CT molecular complexity index is 765. The standard InChI is InChI=1S/C19H18Cl2N2/c1-14-2-4-15(5-3-14)10-16(12-23-9-8-22-13-23)18-7-6-17(20)11-19(18)21/h2-9,11,13,16H,10,12H2,1H3. The first-order valence-electron chi connectivity index (χ1n) is 7.58. The zero-order valence-electron chi connectivity index (χ0n) is 12.9. The zero-order chi connectivity index (χ0) is 16.2. The summed E-state index contributed by atoms with van der Waals surface area (Å²) in [6.45, 7) is 2.93. The van der Waals surface area contributed by atoms with Crippen molar-refractivity contribution in [2.45, 2.75) is 25.8 Å². The second-order valence-corrected chi connectivity index (χ2v) is 6.66. The minimum atomic E-state index is 0.261. The maximum absolute atomic E-state index is 6.45. The predicted molar refractivity (Wildman–Crippen MR) is 96.3 cm³/mol. The molecule has 1 atom stereocenters. The number of hydrogen-bond acceptors (Lipinski definition) is 1. The van der Waals surface area contributed by atoms with E-state index in [9.17, 15) is 0 Å². The highest BCUT2D eigenvalue weighted by atomic mass is 35.5. The largest absolute Gasteiger partial charge is 0.337 e. The first-order chi connectivity index (χ1) is 11.1. The van der Waals surface area contributed by atoms with Crippen molar-refractivity contribution in [2.75, 3.05) is 0 Å². The Morgan fingerprint density at radius 1 is 1.09 bits per heavy atom. The third-order valence-electron chi connectivity index (χ3n) is 4.00. The third kappa shape index (κ3) is 4.15. The lowest BCUT2D eigenvalue weighted by atomic mass is 9.91. The summed E-state index contributed by atoms with van der Waals surface area (Å²) in [4.78, 5) is 4.13. The number of benzene rings is 2. The molecular formula is C19H18Cl2N2. The number of aryl methyl sites for hydroxylation is 1. The summed E-state index contributed by atoms with van der Waals surface area (Å²) >= 11 is 12.5. The van der Waals surface area contributed by atoms with Crippen LogP contribution < -0.4 is 0 Å². The lowest BCUT2D eigenvalue weighted by Gasteiger charge is -2.20. The molecule has 118 valence electrons. The Morgan fingerprint density at radius 2 is 1.87 bits per heavy atom. The Kier molecular flexibility index (Phi) is 5.04. The quantitative estimate of drug-likeness (QED) is 0.595. The van der Waals surface area contributed by atoms with Gasteiger partial charge in [-0.15, -0.1) is 0 Å². The van der Waals surface area contributed by atoms with Crippen LogP contribution in [0.4, 0.5) is 0 Å². The molecule has 0 aliphatic rings. The van der Waals surface area contributed by atoms with Crippen LogP contribution in [0.1, 0.15) is 22.6 Å². The molecule has 2 aromatic carbocycles. The number of nitrogens with zero attached hydrogens (tertiary/aromatic N) is 2. The van der Waals surface area contributed by atoms with Gasteiger partial charge in [-0.2, -0.15) is 0 Å². The minimum Gasteiger partial charge on any atom is -0.337 e. The van der Waals surface area contributed by atoms with Crippen LogP contribution in [0, 0.1) is 6.92 Å². The fraction of sp³-hybridized carbons (Fsp3) is 0.211. The highest BCUT2D eigenvalue weighted by Crippen LogP contribution is 2.31. The smallest absolute Gasteiger partial charge is 0.0946 e. The highest BCUT2D eigenvalue weighted by Gasteiger charge is 2.16. The van der Waals surface area contributed by atoms with E-state index in [1.54, 1.807) is 6.20 Å². The summed E-state index contributed by atoms with van der Waals surface area (Å²) in [6, 6.07) is 14.4. The van der Waals surface area contributed by atoms with Crippen LogP contribution >= 0.6 is 23.2 Å². The van der Waals surface area contributed by atoms with Crippen molar-refractivity contribution in [2.24, 2.45) is 0 Å². The van der Waals surface area contributed by atoms with Gasteiger partial charge in [0.2, 0.25) is 0 Å². The molecule has 3 rings (SSSR count). The molecule has 0 aliphatic carbocycles. The van der Waals surface area contributed by atoms with Gasteiger partial charge in [0.1, 0.15) is 0 Å². The van der Waals surface area contributed by atoms with Gasteiger partial charge in [-0.05, 0) is 36.6 Å². The molecule has 0 bridgehead atoms. The van der Waals surface area contributed by atoms with Gasteiger partial charge in [0.25, 0.3) is 0 Å². The molecular weight excluding hydrogens is 327 g/mol. The van der Waals surface area contributed by atoms with Gasteiger partial charge in [0, 0.05) is 34.9 Å². The normalized spacial score (nSPS) is 12.3. The summed E-state index contributed by atoms with van der Waals surface area (Å²) in [5.41, 5.74) is 3.68. The van der Waals surface area contributed by atoms with Crippen molar-refractivity contribution in [3.05, 3.63) is 87.9 Å². The van der Waals surface area contributed by atoms with Crippen LogP contribution in [0.25, 0.3) is 0 Å². The van der Waals surface area contributed by atoms with Crippen molar-refractivity contribution >= 4 is 23.2 Å². The molecule has 0 amide bonds. The molecule has 1 aromatic heterocycles. The Balaban J connectivity index is 1.90. The van der Waals surface area contributed by atoms with Crippen molar-refractivity contribution in [3.63, 3.8) is 0 Å². The van der Waals surface area contributed by atoms with Gasteiger partial charge in [-0.1, -0.05) is 59.1 Å². The predicted octanol–water partition coefficient (Wildman–Crippen LogP) is 5.52. The summed E-state index contributed by atoms with van der Waals surface area (Å²) in [5, 5.41) is 1.38. The number of halogens is 2. The van der Waals surface area contributed by atoms with Crippen molar-refractivity contribution in [1.82, 2.24) is 9.55 Å². The molecule has 3 aromatic rings. The highest BCUT2D eigenvalue weighted by molar-refractivity contribution is 6.35. The van der Waals surface area contributed by atoms with Crippen molar-refractivity contribution < 1.29 is 0 Å². The van der Waals surface area contributed by atoms with Gasteiger partial charge in [0.15, 0.2) is 0 Å². The van der Waals surface area contributed by atoms with Gasteiger partial charge in [-0.25, -0.2) is 4.98 Å². The van der Waals surface area contributed by atoms with Gasteiger partial charge >= 0.3 is 0 Å². The van der Waals surface area contributed by atoms with E-state index in [0.717, 1.165) is 23.6 Å². The molecule has 0 saturated carbocycles. The Morgan fingerprint density at radius 3 is 2.52 bits per heavy atom. The van der Waals surface area contributed by atoms with Gasteiger partial charge < -0.3 is 4.57 Å². The second-order valence-electron chi connectivity index (χ2n) is 5.81.